The molecular formula is C30H22F3N3O5S2. The maximum atomic E-state index is 14.0. The van der Waals surface area contributed by atoms with E-state index in [9.17, 15) is 32.3 Å². The molecule has 2 aliphatic heterocycles. The van der Waals surface area contributed by atoms with Gasteiger partial charge in [0.2, 0.25) is 11.8 Å². The standard InChI is InChI=1S/C30H22F3N3O5S2/c1-15-10-12-16(13-11-15)34-21(37)14-41-20-9-5-2-6-17(20)22-23-25(42-26-24(22)43-29(40)35-26)28(39)36(27(23)38)19-8-4-3-7-18(19)30(31,32)33/h2-13,22-23,25H,14H2,1H3,(H,34,37)(H,35,40)/t22-,23?,25?/m1/s1. The zero-order valence-electron chi connectivity index (χ0n) is 22.3. The fraction of sp³-hybridized carbons (Fsp3) is 0.200. The molecule has 1 aromatic heterocycles. The average molecular weight is 626 g/mol. The SMILES string of the molecule is Cc1ccc(NC(=O)COc2ccccc2[C@H]2c3sc(=O)[nH]c3SC3C(=O)N(c4ccccc4C(F)(F)F)C(=O)C32)cc1. The number of thiazole rings is 1. The third kappa shape index (κ3) is 5.34. The van der Waals surface area contributed by atoms with Crippen LogP contribution >= 0.6 is 23.1 Å². The number of carbonyl (C=O) groups excluding carboxylic acids is 3. The number of imide groups is 1. The van der Waals surface area contributed by atoms with Crippen molar-refractivity contribution in [3.05, 3.63) is 104 Å². The molecule has 2 aliphatic rings. The van der Waals surface area contributed by atoms with E-state index in [1.54, 1.807) is 36.4 Å². The highest BCUT2D eigenvalue weighted by Gasteiger charge is 2.57. The zero-order valence-corrected chi connectivity index (χ0v) is 23.9. The number of hydrogen-bond donors (Lipinski definition) is 2. The minimum absolute atomic E-state index is 0.235. The number of amides is 3. The summed E-state index contributed by atoms with van der Waals surface area (Å²) >= 11 is 1.81. The Morgan fingerprint density at radius 1 is 0.977 bits per heavy atom. The monoisotopic (exact) mass is 625 g/mol. The van der Waals surface area contributed by atoms with Crippen LogP contribution in [-0.4, -0.2) is 34.6 Å². The lowest BCUT2D eigenvalue weighted by molar-refractivity contribution is -0.137. The molecule has 3 amide bonds. The van der Waals surface area contributed by atoms with Crippen molar-refractivity contribution < 1.29 is 32.3 Å². The van der Waals surface area contributed by atoms with E-state index in [0.29, 0.717) is 26.1 Å². The predicted molar refractivity (Wildman–Crippen MR) is 156 cm³/mol. The number of nitrogens with zero attached hydrogens (tertiary/aromatic N) is 1. The molecule has 8 nitrogen and oxygen atoms in total. The number of benzene rings is 3. The van der Waals surface area contributed by atoms with Gasteiger partial charge in [0.25, 0.3) is 5.91 Å². The van der Waals surface area contributed by atoms with Gasteiger partial charge in [-0.15, -0.1) is 0 Å². The normalized spacial score (nSPS) is 19.6. The Kier molecular flexibility index (Phi) is 7.38. The Bertz CT molecular complexity index is 1800. The Hall–Kier alpha value is -4.36. The molecule has 0 radical (unpaired) electrons. The zero-order chi connectivity index (χ0) is 30.5. The molecule has 0 spiro atoms. The fourth-order valence-electron chi connectivity index (χ4n) is 5.34. The number of hydrogen-bond acceptors (Lipinski definition) is 7. The van der Waals surface area contributed by atoms with Gasteiger partial charge < -0.3 is 15.0 Å². The van der Waals surface area contributed by atoms with Crippen LogP contribution in [0.1, 0.15) is 27.5 Å². The molecule has 1 saturated heterocycles. The Labute approximate surface area is 250 Å². The lowest BCUT2D eigenvalue weighted by Gasteiger charge is -2.30. The first-order valence-electron chi connectivity index (χ1n) is 13.0. The summed E-state index contributed by atoms with van der Waals surface area (Å²) in [6.07, 6.45) is -4.80. The Morgan fingerprint density at radius 3 is 2.42 bits per heavy atom. The first-order valence-corrected chi connectivity index (χ1v) is 14.7. The Balaban J connectivity index is 1.36. The van der Waals surface area contributed by atoms with Gasteiger partial charge in [-0.1, -0.05) is 71.1 Å². The smallest absolute Gasteiger partial charge is 0.418 e. The molecule has 4 aromatic rings. The quantitative estimate of drug-likeness (QED) is 0.271. The van der Waals surface area contributed by atoms with Crippen LogP contribution in [0.2, 0.25) is 0 Å². The molecule has 2 N–H and O–H groups in total. The summed E-state index contributed by atoms with van der Waals surface area (Å²) in [5.74, 6) is -3.87. The van der Waals surface area contributed by atoms with E-state index in [4.69, 9.17) is 4.74 Å². The van der Waals surface area contributed by atoms with Crippen LogP contribution in [0.3, 0.4) is 0 Å². The summed E-state index contributed by atoms with van der Waals surface area (Å²) in [6.45, 7) is 1.54. The summed E-state index contributed by atoms with van der Waals surface area (Å²) in [5, 5.41) is 2.00. The van der Waals surface area contributed by atoms with Crippen LogP contribution in [0.5, 0.6) is 5.75 Å². The van der Waals surface area contributed by atoms with Crippen molar-refractivity contribution in [2.45, 2.75) is 29.3 Å². The third-order valence-electron chi connectivity index (χ3n) is 7.22. The first kappa shape index (κ1) is 28.7. The second-order valence-corrected chi connectivity index (χ2v) is 12.2. The van der Waals surface area contributed by atoms with Gasteiger partial charge in [-0.3, -0.25) is 19.2 Å². The van der Waals surface area contributed by atoms with Crippen LogP contribution in [-0.2, 0) is 20.6 Å². The highest BCUT2D eigenvalue weighted by atomic mass is 32.2. The number of thioether (sulfide) groups is 1. The number of fused-ring (bicyclic) bond motifs is 2. The molecule has 0 bridgehead atoms. The van der Waals surface area contributed by atoms with E-state index in [2.05, 4.69) is 10.3 Å². The van der Waals surface area contributed by atoms with Crippen LogP contribution in [0.15, 0.2) is 82.6 Å². The minimum Gasteiger partial charge on any atom is -0.483 e. The second-order valence-electron chi connectivity index (χ2n) is 10.0. The number of ether oxygens (including phenoxy) is 1. The number of aromatic amines is 1. The molecule has 13 heteroatoms. The van der Waals surface area contributed by atoms with Gasteiger partial charge in [0, 0.05) is 22.0 Å². The minimum atomic E-state index is -4.80. The summed E-state index contributed by atoms with van der Waals surface area (Å²) < 4.78 is 47.6. The molecule has 1 fully saturated rings. The van der Waals surface area contributed by atoms with Crippen molar-refractivity contribution in [3.63, 3.8) is 0 Å². The first-order chi connectivity index (χ1) is 20.5. The number of nitrogens with one attached hydrogen (secondary N) is 2. The predicted octanol–water partition coefficient (Wildman–Crippen LogP) is 5.58. The van der Waals surface area contributed by atoms with Gasteiger partial charge in [-0.25, -0.2) is 4.90 Å². The number of halogens is 3. The largest absolute Gasteiger partial charge is 0.483 e. The van der Waals surface area contributed by atoms with Crippen molar-refractivity contribution in [3.8, 4) is 5.75 Å². The number of para-hydroxylation sites is 2. The molecule has 0 aliphatic carbocycles. The molecule has 43 heavy (non-hydrogen) atoms. The number of carbonyl (C=O) groups is 3. The molecule has 2 unspecified atom stereocenters. The number of alkyl halides is 3. The number of anilines is 2. The van der Waals surface area contributed by atoms with Gasteiger partial charge in [-0.2, -0.15) is 13.2 Å². The average Bonchev–Trinajstić information content (AvgIpc) is 3.47. The van der Waals surface area contributed by atoms with Crippen LogP contribution < -0.4 is 19.8 Å². The molecular weight excluding hydrogens is 603 g/mol. The van der Waals surface area contributed by atoms with E-state index < -0.39 is 57.1 Å². The number of H-pyrrole nitrogens is 1. The topological polar surface area (TPSA) is 109 Å². The molecule has 3 atom stereocenters. The highest BCUT2D eigenvalue weighted by molar-refractivity contribution is 8.00. The fourth-order valence-corrected chi connectivity index (χ4v) is 7.85. The number of aryl methyl sites for hydroxylation is 1. The van der Waals surface area contributed by atoms with Gasteiger partial charge in [0.15, 0.2) is 6.61 Å². The van der Waals surface area contributed by atoms with Crippen molar-refractivity contribution >= 4 is 52.2 Å². The lowest BCUT2D eigenvalue weighted by Crippen LogP contribution is -2.33. The van der Waals surface area contributed by atoms with E-state index in [0.717, 1.165) is 40.8 Å². The second kappa shape index (κ2) is 11.0. The van der Waals surface area contributed by atoms with Gasteiger partial charge in [0.05, 0.1) is 22.2 Å². The van der Waals surface area contributed by atoms with E-state index in [1.165, 1.54) is 12.1 Å². The van der Waals surface area contributed by atoms with Crippen LogP contribution in [0.25, 0.3) is 0 Å². The van der Waals surface area contributed by atoms with Gasteiger partial charge in [0.1, 0.15) is 11.0 Å². The highest BCUT2D eigenvalue weighted by Crippen LogP contribution is 2.55. The van der Waals surface area contributed by atoms with Crippen molar-refractivity contribution in [2.24, 2.45) is 5.92 Å². The summed E-state index contributed by atoms with van der Waals surface area (Å²) in [7, 11) is 0. The summed E-state index contributed by atoms with van der Waals surface area (Å²) in [4.78, 5) is 56.1. The lowest BCUT2D eigenvalue weighted by atomic mass is 9.82. The summed E-state index contributed by atoms with van der Waals surface area (Å²) in [6, 6.07) is 18.2. The van der Waals surface area contributed by atoms with E-state index >= 15 is 0 Å². The van der Waals surface area contributed by atoms with Gasteiger partial charge in [-0.05, 0) is 37.3 Å². The maximum absolute atomic E-state index is 14.0. The van der Waals surface area contributed by atoms with Crippen molar-refractivity contribution in [2.75, 3.05) is 16.8 Å². The van der Waals surface area contributed by atoms with E-state index in [-0.39, 0.29) is 12.4 Å². The molecule has 0 saturated carbocycles. The molecule has 220 valence electrons. The van der Waals surface area contributed by atoms with E-state index in [1.807, 2.05) is 19.1 Å². The Morgan fingerprint density at radius 2 is 1.67 bits per heavy atom. The van der Waals surface area contributed by atoms with Crippen molar-refractivity contribution in [1.82, 2.24) is 4.98 Å². The molecule has 3 heterocycles. The third-order valence-corrected chi connectivity index (χ3v) is 9.62. The van der Waals surface area contributed by atoms with Crippen LogP contribution in [0.4, 0.5) is 24.5 Å². The maximum Gasteiger partial charge on any atom is 0.418 e. The van der Waals surface area contributed by atoms with Crippen molar-refractivity contribution in [1.29, 1.82) is 0 Å². The van der Waals surface area contributed by atoms with Crippen LogP contribution in [0, 0.1) is 12.8 Å². The summed E-state index contributed by atoms with van der Waals surface area (Å²) in [5.41, 5.74) is 0.371. The molecule has 3 aromatic carbocycles. The van der Waals surface area contributed by atoms with Gasteiger partial charge >= 0.3 is 11.0 Å². The number of aromatic nitrogens is 1. The molecule has 6 rings (SSSR count). The number of rotatable bonds is 6.